The Labute approximate surface area is 255 Å². The molecule has 0 aliphatic heterocycles. The molecule has 0 N–H and O–H groups in total. The summed E-state index contributed by atoms with van der Waals surface area (Å²) in [6.07, 6.45) is 0. The summed E-state index contributed by atoms with van der Waals surface area (Å²) in [4.78, 5) is 0. The molecule has 1 heteroatoms. The van der Waals surface area contributed by atoms with E-state index < -0.39 is 18.2 Å². The normalized spacial score (nSPS) is 13.8. The van der Waals surface area contributed by atoms with E-state index in [4.69, 9.17) is 0 Å². The van der Waals surface area contributed by atoms with Gasteiger partial charge in [-0.2, -0.15) is 0 Å². The molecule has 0 saturated carbocycles. The summed E-state index contributed by atoms with van der Waals surface area (Å²) in [7, 11) is 0. The van der Waals surface area contributed by atoms with Gasteiger partial charge in [-0.3, -0.25) is 0 Å². The van der Waals surface area contributed by atoms with Crippen molar-refractivity contribution in [3.8, 4) is 0 Å². The first kappa shape index (κ1) is 31.6. The van der Waals surface area contributed by atoms with E-state index in [-0.39, 0.29) is 21.7 Å². The van der Waals surface area contributed by atoms with Gasteiger partial charge in [0.15, 0.2) is 0 Å². The predicted molar refractivity (Wildman–Crippen MR) is 185 cm³/mol. The Bertz CT molecular complexity index is 1210. The van der Waals surface area contributed by atoms with Crippen molar-refractivity contribution >= 4 is 32.6 Å². The topological polar surface area (TPSA) is 0 Å². The zero-order valence-corrected chi connectivity index (χ0v) is 30.0. The molecule has 0 bridgehead atoms. The summed E-state index contributed by atoms with van der Waals surface area (Å²) < 4.78 is 5.93. The van der Waals surface area contributed by atoms with E-state index in [2.05, 4.69) is 180 Å². The van der Waals surface area contributed by atoms with E-state index in [1.54, 1.807) is 0 Å². The molecule has 0 atom stereocenters. The molecule has 0 amide bonds. The van der Waals surface area contributed by atoms with Gasteiger partial charge in [-0.05, 0) is 0 Å². The molecule has 41 heavy (non-hydrogen) atoms. The number of hydrogen-bond acceptors (Lipinski definition) is 0. The van der Waals surface area contributed by atoms with E-state index in [0.717, 1.165) is 0 Å². The van der Waals surface area contributed by atoms with Crippen molar-refractivity contribution in [1.29, 1.82) is 0 Å². The monoisotopic (exact) mass is 662 g/mol. The Kier molecular flexibility index (Phi) is 8.53. The summed E-state index contributed by atoms with van der Waals surface area (Å²) in [6.45, 7) is 27.6. The van der Waals surface area contributed by atoms with Crippen molar-refractivity contribution in [2.45, 2.75) is 105 Å². The van der Waals surface area contributed by atoms with Crippen LogP contribution in [-0.2, 0) is 21.7 Å². The van der Waals surface area contributed by atoms with Crippen LogP contribution in [0.5, 0.6) is 0 Å². The molecule has 0 aliphatic carbocycles. The third kappa shape index (κ3) is 6.53. The van der Waals surface area contributed by atoms with Crippen LogP contribution >= 0.6 is 0 Å². The Balaban J connectivity index is 2.09. The zero-order chi connectivity index (χ0) is 30.4. The third-order valence-corrected chi connectivity index (χ3v) is 19.5. The molecule has 0 nitrogen and oxygen atoms in total. The molecular formula is C40H52Te. The van der Waals surface area contributed by atoms with Crippen LogP contribution in [0.25, 0.3) is 0 Å². The summed E-state index contributed by atoms with van der Waals surface area (Å²) in [5, 5.41) is 0. The molecule has 4 aromatic rings. The van der Waals surface area contributed by atoms with Crippen molar-refractivity contribution in [3.05, 3.63) is 119 Å². The van der Waals surface area contributed by atoms with E-state index in [1.807, 2.05) is 0 Å². The average Bonchev–Trinajstić information content (AvgIpc) is 2.88. The standard InChI is InChI=1S/C40H52Te/c1-37(2,3)29-13-21-33(22-14-29)41(34-23-15-30(16-24-34)38(4,5)6,35-25-17-31(18-26-35)39(7,8)9)36-27-19-32(20-28-36)40(10,11)12/h13-28H,1-12H3. The maximum absolute atomic E-state index is 3.43. The van der Waals surface area contributed by atoms with Crippen LogP contribution in [0.2, 0.25) is 0 Å². The molecule has 0 unspecified atom stereocenters. The molecule has 0 aromatic heterocycles. The average molecular weight is 660 g/mol. The number of benzene rings is 4. The Hall–Kier alpha value is -2.33. The van der Waals surface area contributed by atoms with E-state index in [0.29, 0.717) is 0 Å². The molecule has 218 valence electrons. The van der Waals surface area contributed by atoms with Gasteiger partial charge >= 0.3 is 257 Å². The van der Waals surface area contributed by atoms with Crippen LogP contribution in [0.3, 0.4) is 0 Å². The van der Waals surface area contributed by atoms with Gasteiger partial charge in [0.1, 0.15) is 0 Å². The molecule has 4 rings (SSSR count). The summed E-state index contributed by atoms with van der Waals surface area (Å²) >= 11 is -3.43. The van der Waals surface area contributed by atoms with Gasteiger partial charge in [0, 0.05) is 0 Å². The quantitative estimate of drug-likeness (QED) is 0.194. The maximum atomic E-state index is 2.45. The minimum absolute atomic E-state index is 0.117. The van der Waals surface area contributed by atoms with Gasteiger partial charge in [0.05, 0.1) is 0 Å². The Morgan fingerprint density at radius 2 is 0.415 bits per heavy atom. The molecule has 4 aromatic carbocycles. The summed E-state index contributed by atoms with van der Waals surface area (Å²) in [6, 6.07) is 38.7. The van der Waals surface area contributed by atoms with Crippen LogP contribution in [0.15, 0.2) is 97.1 Å². The van der Waals surface area contributed by atoms with Crippen LogP contribution < -0.4 is 14.4 Å². The first-order valence-corrected chi connectivity index (χ1v) is 19.8. The molecule has 0 radical (unpaired) electrons. The molecular weight excluding hydrogens is 608 g/mol. The van der Waals surface area contributed by atoms with Crippen molar-refractivity contribution in [3.63, 3.8) is 0 Å². The number of hydrogen-bond donors (Lipinski definition) is 0. The molecule has 0 saturated heterocycles. The minimum atomic E-state index is -3.43. The second kappa shape index (κ2) is 11.1. The Morgan fingerprint density at radius 1 is 0.268 bits per heavy atom. The van der Waals surface area contributed by atoms with Gasteiger partial charge in [-0.15, -0.1) is 0 Å². The fourth-order valence-electron chi connectivity index (χ4n) is 5.45. The van der Waals surface area contributed by atoms with Crippen LogP contribution in [0, 0.1) is 0 Å². The number of rotatable bonds is 4. The van der Waals surface area contributed by atoms with E-state index in [1.165, 1.54) is 36.7 Å². The van der Waals surface area contributed by atoms with Gasteiger partial charge < -0.3 is 0 Å². The molecule has 0 fully saturated rings. The van der Waals surface area contributed by atoms with Gasteiger partial charge in [-0.25, -0.2) is 0 Å². The van der Waals surface area contributed by atoms with Crippen LogP contribution in [-0.4, -0.2) is 18.2 Å². The van der Waals surface area contributed by atoms with Gasteiger partial charge in [-0.1, -0.05) is 0 Å². The second-order valence-corrected chi connectivity index (χ2v) is 24.6. The van der Waals surface area contributed by atoms with Crippen molar-refractivity contribution in [1.82, 2.24) is 0 Å². The first-order chi connectivity index (χ1) is 18.8. The fourth-order valence-corrected chi connectivity index (χ4v) is 16.3. The fraction of sp³-hybridized carbons (Fsp3) is 0.400. The first-order valence-electron chi connectivity index (χ1n) is 15.1. The summed E-state index contributed by atoms with van der Waals surface area (Å²) in [5.41, 5.74) is 5.99. The Morgan fingerprint density at radius 3 is 0.537 bits per heavy atom. The molecule has 0 heterocycles. The van der Waals surface area contributed by atoms with Gasteiger partial charge in [0.25, 0.3) is 0 Å². The third-order valence-electron chi connectivity index (χ3n) is 8.30. The SMILES string of the molecule is CC(C)(C)c1ccc([Te](c2ccc(C(C)(C)C)cc2)(c2ccc(C(C)(C)C)cc2)c2ccc(C(C)(C)C)cc2)cc1. The van der Waals surface area contributed by atoms with Crippen LogP contribution in [0.1, 0.15) is 105 Å². The molecule has 0 spiro atoms. The van der Waals surface area contributed by atoms with Gasteiger partial charge in [0.2, 0.25) is 0 Å². The van der Waals surface area contributed by atoms with Crippen LogP contribution in [0.4, 0.5) is 0 Å². The van der Waals surface area contributed by atoms with E-state index in [9.17, 15) is 0 Å². The zero-order valence-electron chi connectivity index (χ0n) is 27.6. The molecule has 0 aliphatic rings. The van der Waals surface area contributed by atoms with Crippen molar-refractivity contribution in [2.24, 2.45) is 0 Å². The van der Waals surface area contributed by atoms with Crippen molar-refractivity contribution in [2.75, 3.05) is 0 Å². The summed E-state index contributed by atoms with van der Waals surface area (Å²) in [5.74, 6) is 0. The van der Waals surface area contributed by atoms with E-state index >= 15 is 0 Å². The predicted octanol–water partition coefficient (Wildman–Crippen LogP) is 8.25. The van der Waals surface area contributed by atoms with Crippen molar-refractivity contribution < 1.29 is 0 Å². The second-order valence-electron chi connectivity index (χ2n) is 15.7.